The number of fused-ring (bicyclic) bond motifs is 13. The number of nitrogens with zero attached hydrogens (tertiary/aromatic N) is 1. The van der Waals surface area contributed by atoms with Crippen LogP contribution in [-0.2, 0) is 0 Å². The molecule has 0 atom stereocenters. The van der Waals surface area contributed by atoms with Crippen LogP contribution in [0.4, 0.5) is 0 Å². The Labute approximate surface area is 266 Å². The fourth-order valence-corrected chi connectivity index (χ4v) is 8.66. The number of benzene rings is 7. The topological polar surface area (TPSA) is 31.2 Å². The second kappa shape index (κ2) is 8.87. The van der Waals surface area contributed by atoms with Crippen LogP contribution in [0.5, 0.6) is 0 Å². The average Bonchev–Trinajstić information content (AvgIpc) is 3.85. The molecule has 11 rings (SSSR count). The molecule has 4 heteroatoms. The molecule has 0 unspecified atom stereocenters. The normalized spacial score (nSPS) is 12.3. The van der Waals surface area contributed by atoms with Crippen molar-refractivity contribution in [2.75, 3.05) is 0 Å². The van der Waals surface area contributed by atoms with Crippen LogP contribution in [0, 0.1) is 0 Å². The van der Waals surface area contributed by atoms with E-state index >= 15 is 0 Å². The molecule has 214 valence electrons. The minimum atomic E-state index is 0.878. The summed E-state index contributed by atoms with van der Waals surface area (Å²) in [4.78, 5) is 0. The molecule has 0 N–H and O–H groups in total. The van der Waals surface area contributed by atoms with Crippen LogP contribution in [0.3, 0.4) is 0 Å². The van der Waals surface area contributed by atoms with Gasteiger partial charge < -0.3 is 13.4 Å². The summed E-state index contributed by atoms with van der Waals surface area (Å²) in [5, 5.41) is 9.75. The SMILES string of the molecule is c1ccc2c(c1)oc1cc(-c3ccc4c(c3)oc3ccc(-n5c6ccccc6c6c7c(ccc65)sc5ccccc57)cc34)ccc12. The first-order chi connectivity index (χ1) is 22.8. The maximum Gasteiger partial charge on any atom is 0.136 e. The smallest absolute Gasteiger partial charge is 0.136 e. The average molecular weight is 606 g/mol. The first-order valence-corrected chi connectivity index (χ1v) is 16.3. The molecule has 0 fully saturated rings. The van der Waals surface area contributed by atoms with E-state index in [1.165, 1.54) is 42.0 Å². The maximum atomic E-state index is 6.46. The van der Waals surface area contributed by atoms with Gasteiger partial charge in [-0.05, 0) is 83.9 Å². The van der Waals surface area contributed by atoms with E-state index in [1.54, 1.807) is 0 Å². The van der Waals surface area contributed by atoms with Crippen molar-refractivity contribution in [3.63, 3.8) is 0 Å². The fraction of sp³-hybridized carbons (Fsp3) is 0. The van der Waals surface area contributed by atoms with E-state index in [1.807, 2.05) is 23.5 Å². The zero-order valence-electron chi connectivity index (χ0n) is 24.5. The second-order valence-corrected chi connectivity index (χ2v) is 13.2. The Morgan fingerprint density at radius 2 is 1.04 bits per heavy atom. The number of para-hydroxylation sites is 2. The van der Waals surface area contributed by atoms with Crippen molar-refractivity contribution in [3.05, 3.63) is 140 Å². The Hall–Kier alpha value is -5.84. The summed E-state index contributed by atoms with van der Waals surface area (Å²) in [5.41, 5.74) is 9.32. The molecule has 7 aromatic carbocycles. The Bertz CT molecular complexity index is 3040. The van der Waals surface area contributed by atoms with E-state index in [0.717, 1.165) is 60.7 Å². The Morgan fingerprint density at radius 3 is 1.87 bits per heavy atom. The first kappa shape index (κ1) is 24.5. The summed E-state index contributed by atoms with van der Waals surface area (Å²) in [6.07, 6.45) is 0. The molecule has 4 aromatic heterocycles. The third-order valence-electron chi connectivity index (χ3n) is 9.60. The van der Waals surface area contributed by atoms with E-state index in [-0.39, 0.29) is 0 Å². The highest BCUT2D eigenvalue weighted by atomic mass is 32.1. The van der Waals surface area contributed by atoms with Gasteiger partial charge in [0, 0.05) is 58.2 Å². The molecule has 0 aliphatic rings. The molecular weight excluding hydrogens is 583 g/mol. The van der Waals surface area contributed by atoms with E-state index in [0.29, 0.717) is 0 Å². The molecule has 0 bridgehead atoms. The van der Waals surface area contributed by atoms with Crippen LogP contribution in [-0.4, -0.2) is 4.57 Å². The molecule has 0 radical (unpaired) electrons. The summed E-state index contributed by atoms with van der Waals surface area (Å²) >= 11 is 1.87. The molecule has 11 aromatic rings. The van der Waals surface area contributed by atoms with Gasteiger partial charge in [0.15, 0.2) is 0 Å². The summed E-state index contributed by atoms with van der Waals surface area (Å²) < 4.78 is 17.7. The summed E-state index contributed by atoms with van der Waals surface area (Å²) in [5.74, 6) is 0. The van der Waals surface area contributed by atoms with Crippen molar-refractivity contribution in [1.82, 2.24) is 4.57 Å². The third-order valence-corrected chi connectivity index (χ3v) is 10.7. The van der Waals surface area contributed by atoms with Gasteiger partial charge in [-0.1, -0.05) is 66.7 Å². The van der Waals surface area contributed by atoms with Crippen LogP contribution in [0.1, 0.15) is 0 Å². The molecule has 46 heavy (non-hydrogen) atoms. The highest BCUT2D eigenvalue weighted by molar-refractivity contribution is 7.26. The lowest BCUT2D eigenvalue weighted by molar-refractivity contribution is 0.668. The largest absolute Gasteiger partial charge is 0.456 e. The van der Waals surface area contributed by atoms with Crippen molar-refractivity contribution in [3.8, 4) is 16.8 Å². The van der Waals surface area contributed by atoms with Gasteiger partial charge in [0.25, 0.3) is 0 Å². The second-order valence-electron chi connectivity index (χ2n) is 12.1. The first-order valence-electron chi connectivity index (χ1n) is 15.5. The van der Waals surface area contributed by atoms with Gasteiger partial charge in [0.1, 0.15) is 22.3 Å². The van der Waals surface area contributed by atoms with E-state index in [9.17, 15) is 0 Å². The molecule has 3 nitrogen and oxygen atoms in total. The fourth-order valence-electron chi connectivity index (χ4n) is 7.54. The zero-order chi connectivity index (χ0) is 29.9. The number of hydrogen-bond donors (Lipinski definition) is 0. The minimum absolute atomic E-state index is 0.878. The van der Waals surface area contributed by atoms with Crippen molar-refractivity contribution in [1.29, 1.82) is 0 Å². The molecular formula is C42H23NO2S. The standard InChI is InChI=1S/C42H23NO2S/c1-4-10-33-30(8-1)41-34(18-20-40-42(41)31-9-3-6-12-39(31)46-40)43(33)26-15-19-36-32(23-26)29-17-14-25(22-38(29)45-36)24-13-16-28-27-7-2-5-11-35(27)44-37(28)21-24/h1-23H. The number of furan rings is 2. The number of hydrogen-bond acceptors (Lipinski definition) is 3. The molecule has 4 heterocycles. The van der Waals surface area contributed by atoms with Gasteiger partial charge in [-0.15, -0.1) is 11.3 Å². The number of rotatable bonds is 2. The van der Waals surface area contributed by atoms with E-state index < -0.39 is 0 Å². The highest BCUT2D eigenvalue weighted by Gasteiger charge is 2.19. The third kappa shape index (κ3) is 3.26. The monoisotopic (exact) mass is 605 g/mol. The van der Waals surface area contributed by atoms with Crippen molar-refractivity contribution >= 4 is 97.2 Å². The maximum absolute atomic E-state index is 6.46. The van der Waals surface area contributed by atoms with Crippen molar-refractivity contribution in [2.45, 2.75) is 0 Å². The molecule has 0 spiro atoms. The Balaban J connectivity index is 1.10. The lowest BCUT2D eigenvalue weighted by atomic mass is 10.0. The summed E-state index contributed by atoms with van der Waals surface area (Å²) in [6, 6.07) is 49.9. The van der Waals surface area contributed by atoms with Crippen LogP contribution in [0.2, 0.25) is 0 Å². The Kier molecular flexibility index (Phi) is 4.72. The lowest BCUT2D eigenvalue weighted by Crippen LogP contribution is -1.93. The lowest BCUT2D eigenvalue weighted by Gasteiger charge is -2.08. The van der Waals surface area contributed by atoms with Gasteiger partial charge in [0.05, 0.1) is 11.0 Å². The summed E-state index contributed by atoms with van der Waals surface area (Å²) in [6.45, 7) is 0. The van der Waals surface area contributed by atoms with Crippen LogP contribution < -0.4 is 0 Å². The van der Waals surface area contributed by atoms with Gasteiger partial charge in [-0.25, -0.2) is 0 Å². The number of thiophene rings is 1. The van der Waals surface area contributed by atoms with Crippen LogP contribution in [0.15, 0.2) is 148 Å². The van der Waals surface area contributed by atoms with E-state index in [2.05, 4.69) is 132 Å². The van der Waals surface area contributed by atoms with Gasteiger partial charge >= 0.3 is 0 Å². The molecule has 0 aliphatic carbocycles. The van der Waals surface area contributed by atoms with Crippen LogP contribution >= 0.6 is 11.3 Å². The van der Waals surface area contributed by atoms with Crippen LogP contribution in [0.25, 0.3) is 103 Å². The quantitative estimate of drug-likeness (QED) is 0.196. The van der Waals surface area contributed by atoms with Crippen molar-refractivity contribution in [2.24, 2.45) is 0 Å². The summed E-state index contributed by atoms with van der Waals surface area (Å²) in [7, 11) is 0. The molecule has 0 aliphatic heterocycles. The Morgan fingerprint density at radius 1 is 0.391 bits per heavy atom. The van der Waals surface area contributed by atoms with Crippen molar-refractivity contribution < 1.29 is 8.83 Å². The predicted molar refractivity (Wildman–Crippen MR) is 194 cm³/mol. The van der Waals surface area contributed by atoms with E-state index in [4.69, 9.17) is 8.83 Å². The number of aromatic nitrogens is 1. The molecule has 0 saturated carbocycles. The molecule has 0 amide bonds. The van der Waals surface area contributed by atoms with Gasteiger partial charge in [-0.2, -0.15) is 0 Å². The predicted octanol–water partition coefficient (Wildman–Crippen LogP) is 12.6. The molecule has 0 saturated heterocycles. The zero-order valence-corrected chi connectivity index (χ0v) is 25.3. The highest BCUT2D eigenvalue weighted by Crippen LogP contribution is 2.44. The van der Waals surface area contributed by atoms with Gasteiger partial charge in [-0.3, -0.25) is 0 Å². The van der Waals surface area contributed by atoms with Gasteiger partial charge in [0.2, 0.25) is 0 Å². The minimum Gasteiger partial charge on any atom is -0.456 e.